The van der Waals surface area contributed by atoms with Gasteiger partial charge in [0.15, 0.2) is 0 Å². The van der Waals surface area contributed by atoms with Gasteiger partial charge in [-0.25, -0.2) is 4.79 Å². The number of nitrogens with zero attached hydrogens (tertiary/aromatic N) is 1. The van der Waals surface area contributed by atoms with Crippen LogP contribution in [-0.4, -0.2) is 54.0 Å². The Bertz CT molecular complexity index is 336. The summed E-state index contributed by atoms with van der Waals surface area (Å²) in [5.41, 5.74) is -0.612. The van der Waals surface area contributed by atoms with Crippen molar-refractivity contribution < 1.29 is 14.6 Å². The number of carbonyl (C=O) groups is 1. The smallest absolute Gasteiger partial charge is 0.410 e. The van der Waals surface area contributed by atoms with Gasteiger partial charge in [-0.2, -0.15) is 0 Å². The fourth-order valence-corrected chi connectivity index (χ4v) is 3.25. The molecule has 110 valence electrons. The molecule has 19 heavy (non-hydrogen) atoms. The number of rotatable bonds is 1. The third-order valence-electron chi connectivity index (χ3n) is 4.24. The number of ether oxygens (including phenoxy) is 1. The lowest BCUT2D eigenvalue weighted by atomic mass is 9.69. The van der Waals surface area contributed by atoms with Gasteiger partial charge in [0.25, 0.3) is 0 Å². The standard InChI is InChI=1S/C14H26N2O3/c1-13(2,3)19-12(18)16-8-4-5-14(10-17)6-7-15-9-11(14)16/h11,15,17H,4-10H2,1-3H3. The van der Waals surface area contributed by atoms with Crippen molar-refractivity contribution >= 4 is 6.09 Å². The lowest BCUT2D eigenvalue weighted by Crippen LogP contribution is -2.63. The number of likely N-dealkylation sites (tertiary alicyclic amines) is 1. The SMILES string of the molecule is CC(C)(C)OC(=O)N1CCCC2(CO)CCNCC12. The third-order valence-corrected chi connectivity index (χ3v) is 4.24. The van der Waals surface area contributed by atoms with Crippen LogP contribution in [0.2, 0.25) is 0 Å². The van der Waals surface area contributed by atoms with E-state index in [1.807, 2.05) is 25.7 Å². The Kier molecular flexibility index (Phi) is 4.06. The monoisotopic (exact) mass is 270 g/mol. The van der Waals surface area contributed by atoms with Crippen molar-refractivity contribution in [1.82, 2.24) is 10.2 Å². The van der Waals surface area contributed by atoms with Gasteiger partial charge >= 0.3 is 6.09 Å². The molecule has 0 aromatic rings. The largest absolute Gasteiger partial charge is 0.444 e. The Morgan fingerprint density at radius 1 is 1.47 bits per heavy atom. The van der Waals surface area contributed by atoms with Crippen LogP contribution in [0.1, 0.15) is 40.0 Å². The van der Waals surface area contributed by atoms with Crippen LogP contribution in [0.5, 0.6) is 0 Å². The molecule has 2 atom stereocenters. The van der Waals surface area contributed by atoms with Crippen LogP contribution in [-0.2, 0) is 4.74 Å². The normalized spacial score (nSPS) is 31.8. The lowest BCUT2D eigenvalue weighted by molar-refractivity contribution is -0.0559. The maximum Gasteiger partial charge on any atom is 0.410 e. The highest BCUT2D eigenvalue weighted by Gasteiger charge is 2.48. The van der Waals surface area contributed by atoms with Crippen molar-refractivity contribution in [1.29, 1.82) is 0 Å². The molecule has 0 aromatic heterocycles. The minimum absolute atomic E-state index is 0.0508. The summed E-state index contributed by atoms with van der Waals surface area (Å²) in [6, 6.07) is 0.0508. The molecule has 0 radical (unpaired) electrons. The van der Waals surface area contributed by atoms with Crippen LogP contribution in [0, 0.1) is 5.41 Å². The Morgan fingerprint density at radius 3 is 2.84 bits per heavy atom. The van der Waals surface area contributed by atoms with E-state index in [-0.39, 0.29) is 24.2 Å². The molecule has 5 heteroatoms. The van der Waals surface area contributed by atoms with Crippen LogP contribution in [0.4, 0.5) is 4.79 Å². The highest BCUT2D eigenvalue weighted by atomic mass is 16.6. The number of amides is 1. The molecule has 1 amide bonds. The summed E-state index contributed by atoms with van der Waals surface area (Å²) in [5, 5.41) is 13.1. The number of fused-ring (bicyclic) bond motifs is 1. The molecular formula is C14H26N2O3. The van der Waals surface area contributed by atoms with Crippen LogP contribution < -0.4 is 5.32 Å². The minimum atomic E-state index is -0.474. The van der Waals surface area contributed by atoms with E-state index in [4.69, 9.17) is 4.74 Å². The van der Waals surface area contributed by atoms with E-state index >= 15 is 0 Å². The third kappa shape index (κ3) is 3.03. The number of aliphatic hydroxyl groups excluding tert-OH is 1. The molecule has 2 heterocycles. The maximum absolute atomic E-state index is 12.3. The van der Waals surface area contributed by atoms with E-state index in [9.17, 15) is 9.90 Å². The van der Waals surface area contributed by atoms with Crippen LogP contribution in [0.25, 0.3) is 0 Å². The first-order valence-electron chi connectivity index (χ1n) is 7.19. The van der Waals surface area contributed by atoms with Gasteiger partial charge in [0, 0.05) is 18.5 Å². The van der Waals surface area contributed by atoms with E-state index in [2.05, 4.69) is 5.32 Å². The van der Waals surface area contributed by atoms with Gasteiger partial charge in [-0.1, -0.05) is 0 Å². The highest BCUT2D eigenvalue weighted by molar-refractivity contribution is 5.69. The Morgan fingerprint density at radius 2 is 2.21 bits per heavy atom. The maximum atomic E-state index is 12.3. The zero-order chi connectivity index (χ0) is 14.1. The van der Waals surface area contributed by atoms with E-state index in [1.165, 1.54) is 0 Å². The summed E-state index contributed by atoms with van der Waals surface area (Å²) in [5.74, 6) is 0. The molecule has 2 unspecified atom stereocenters. The Labute approximate surface area is 115 Å². The van der Waals surface area contributed by atoms with Crippen molar-refractivity contribution in [2.75, 3.05) is 26.2 Å². The summed E-state index contributed by atoms with van der Waals surface area (Å²) < 4.78 is 5.49. The average Bonchev–Trinajstić information content (AvgIpc) is 2.35. The molecule has 2 rings (SSSR count). The lowest BCUT2D eigenvalue weighted by Gasteiger charge is -2.51. The van der Waals surface area contributed by atoms with Gasteiger partial charge in [0.1, 0.15) is 5.60 Å². The topological polar surface area (TPSA) is 61.8 Å². The molecule has 0 spiro atoms. The molecule has 5 nitrogen and oxygen atoms in total. The number of hydrogen-bond acceptors (Lipinski definition) is 4. The van der Waals surface area contributed by atoms with E-state index in [0.29, 0.717) is 0 Å². The summed E-state index contributed by atoms with van der Waals surface area (Å²) in [6.07, 6.45) is 2.61. The first-order valence-corrected chi connectivity index (χ1v) is 7.19. The summed E-state index contributed by atoms with van der Waals surface area (Å²) in [6.45, 7) is 8.19. The molecule has 0 bridgehead atoms. The first kappa shape index (κ1) is 14.6. The zero-order valence-electron chi connectivity index (χ0n) is 12.2. The summed E-state index contributed by atoms with van der Waals surface area (Å²) >= 11 is 0. The molecule has 0 aromatic carbocycles. The molecule has 0 aliphatic carbocycles. The second-order valence-corrected chi connectivity index (χ2v) is 6.77. The van der Waals surface area contributed by atoms with Crippen LogP contribution in [0.3, 0.4) is 0 Å². The molecule has 2 aliphatic rings. The first-order chi connectivity index (χ1) is 8.88. The zero-order valence-corrected chi connectivity index (χ0v) is 12.2. The van der Waals surface area contributed by atoms with Gasteiger partial charge in [-0.15, -0.1) is 0 Å². The van der Waals surface area contributed by atoms with Gasteiger partial charge in [0.2, 0.25) is 0 Å². The number of aliphatic hydroxyl groups is 1. The molecule has 0 saturated carbocycles. The fraction of sp³-hybridized carbons (Fsp3) is 0.929. The Balaban J connectivity index is 2.14. The molecular weight excluding hydrogens is 244 g/mol. The van der Waals surface area contributed by atoms with Crippen molar-refractivity contribution in [2.45, 2.75) is 51.7 Å². The predicted molar refractivity (Wildman–Crippen MR) is 73.0 cm³/mol. The fourth-order valence-electron chi connectivity index (χ4n) is 3.25. The van der Waals surface area contributed by atoms with Crippen molar-refractivity contribution in [3.8, 4) is 0 Å². The van der Waals surface area contributed by atoms with Crippen LogP contribution in [0.15, 0.2) is 0 Å². The number of piperidine rings is 2. The molecule has 2 saturated heterocycles. The van der Waals surface area contributed by atoms with Gasteiger partial charge in [0.05, 0.1) is 12.6 Å². The Hall–Kier alpha value is -0.810. The van der Waals surface area contributed by atoms with E-state index < -0.39 is 5.60 Å². The average molecular weight is 270 g/mol. The van der Waals surface area contributed by atoms with E-state index in [1.54, 1.807) is 0 Å². The van der Waals surface area contributed by atoms with Gasteiger partial charge in [-0.05, 0) is 46.6 Å². The van der Waals surface area contributed by atoms with E-state index in [0.717, 1.165) is 38.9 Å². The van der Waals surface area contributed by atoms with Gasteiger partial charge < -0.3 is 20.1 Å². The second kappa shape index (κ2) is 5.29. The number of hydrogen-bond donors (Lipinski definition) is 2. The van der Waals surface area contributed by atoms with Crippen molar-refractivity contribution in [3.05, 3.63) is 0 Å². The second-order valence-electron chi connectivity index (χ2n) is 6.77. The minimum Gasteiger partial charge on any atom is -0.444 e. The highest BCUT2D eigenvalue weighted by Crippen LogP contribution is 2.40. The number of nitrogens with one attached hydrogen (secondary N) is 1. The predicted octanol–water partition coefficient (Wildman–Crippen LogP) is 1.36. The van der Waals surface area contributed by atoms with Crippen molar-refractivity contribution in [2.24, 2.45) is 5.41 Å². The number of carbonyl (C=O) groups excluding carboxylic acids is 1. The summed E-state index contributed by atoms with van der Waals surface area (Å²) in [4.78, 5) is 14.1. The van der Waals surface area contributed by atoms with Crippen molar-refractivity contribution in [3.63, 3.8) is 0 Å². The van der Waals surface area contributed by atoms with Crippen LogP contribution >= 0.6 is 0 Å². The quantitative estimate of drug-likeness (QED) is 0.755. The molecule has 2 aliphatic heterocycles. The van der Waals surface area contributed by atoms with Gasteiger partial charge in [-0.3, -0.25) is 0 Å². The molecule has 2 N–H and O–H groups in total. The molecule has 2 fully saturated rings. The summed E-state index contributed by atoms with van der Waals surface area (Å²) in [7, 11) is 0.